The van der Waals surface area contributed by atoms with E-state index in [0.717, 1.165) is 13.2 Å². The summed E-state index contributed by atoms with van der Waals surface area (Å²) in [6, 6.07) is 3.72. The summed E-state index contributed by atoms with van der Waals surface area (Å²) >= 11 is 0. The van der Waals surface area contributed by atoms with Gasteiger partial charge in [0.15, 0.2) is 5.78 Å². The minimum absolute atomic E-state index is 0.0471. The number of rotatable bonds is 5. The molecule has 0 spiro atoms. The minimum Gasteiger partial charge on any atom is -0.466 e. The van der Waals surface area contributed by atoms with Crippen molar-refractivity contribution >= 4 is 11.8 Å². The third kappa shape index (κ3) is 3.36. The van der Waals surface area contributed by atoms with Gasteiger partial charge in [0, 0.05) is 30.0 Å². The molecule has 0 radical (unpaired) electrons. The van der Waals surface area contributed by atoms with Crippen molar-refractivity contribution in [2.24, 2.45) is 0 Å². The number of carbonyl (C=O) groups is 2. The Bertz CT molecular complexity index is 861. The van der Waals surface area contributed by atoms with Crippen molar-refractivity contribution in [3.05, 3.63) is 57.7 Å². The molecule has 1 aromatic rings. The quantitative estimate of drug-likeness (QED) is 0.626. The molecule has 2 aliphatic rings. The lowest BCUT2D eigenvalue weighted by Gasteiger charge is -2.30. The van der Waals surface area contributed by atoms with Crippen LogP contribution in [0.2, 0.25) is 0 Å². The van der Waals surface area contributed by atoms with E-state index >= 15 is 0 Å². The van der Waals surface area contributed by atoms with Crippen LogP contribution in [0.15, 0.2) is 40.7 Å². The van der Waals surface area contributed by atoms with Crippen LogP contribution in [0, 0.1) is 5.82 Å². The molecule has 0 fully saturated rings. The first kappa shape index (κ1) is 19.1. The van der Waals surface area contributed by atoms with Crippen LogP contribution >= 0.6 is 0 Å². The third-order valence-electron chi connectivity index (χ3n) is 4.80. The Balaban J connectivity index is 2.27. The number of allylic oxidation sites excluding steroid dienone is 3. The standard InChI is InChI=1S/C19H17F4NO3/c1-27-19(26)18-13(8-20)24-12-5-6-14(25)17(12)16(18)9-3-2-4-11(21)10(9)7-15(22)23/h2-4,15-16,24H,5-8H2,1H3/t16-/m0/s1. The molecule has 27 heavy (non-hydrogen) atoms. The van der Waals surface area contributed by atoms with Gasteiger partial charge in [-0.15, -0.1) is 0 Å². The molecule has 1 aliphatic heterocycles. The molecule has 0 saturated heterocycles. The van der Waals surface area contributed by atoms with Crippen LogP contribution in [0.3, 0.4) is 0 Å². The molecule has 0 bridgehead atoms. The van der Waals surface area contributed by atoms with E-state index in [0.29, 0.717) is 12.1 Å². The molecule has 1 heterocycles. The SMILES string of the molecule is COC(=O)C1=C(CF)NC2=C(C(=O)CC2)[C@@H]1c1cccc(F)c1CC(F)F. The fraction of sp³-hybridized carbons (Fsp3) is 0.368. The van der Waals surface area contributed by atoms with Crippen LogP contribution in [-0.4, -0.2) is 32.0 Å². The number of Topliss-reactive ketones (excluding diaryl/α,β-unsaturated/α-hetero) is 1. The third-order valence-corrected chi connectivity index (χ3v) is 4.80. The summed E-state index contributed by atoms with van der Waals surface area (Å²) < 4.78 is 58.8. The zero-order chi connectivity index (χ0) is 19.7. The van der Waals surface area contributed by atoms with E-state index < -0.39 is 37.2 Å². The van der Waals surface area contributed by atoms with Crippen LogP contribution in [-0.2, 0) is 20.7 Å². The monoisotopic (exact) mass is 383 g/mol. The number of hydrogen-bond acceptors (Lipinski definition) is 4. The molecule has 1 atom stereocenters. The first-order valence-corrected chi connectivity index (χ1v) is 8.35. The van der Waals surface area contributed by atoms with Crippen molar-refractivity contribution in [3.8, 4) is 0 Å². The van der Waals surface area contributed by atoms with Crippen molar-refractivity contribution in [1.82, 2.24) is 5.32 Å². The molecule has 4 nitrogen and oxygen atoms in total. The number of ether oxygens (including phenoxy) is 1. The maximum absolute atomic E-state index is 14.3. The number of halogens is 4. The first-order valence-electron chi connectivity index (χ1n) is 8.35. The van der Waals surface area contributed by atoms with E-state index in [1.165, 1.54) is 12.1 Å². The van der Waals surface area contributed by atoms with Crippen LogP contribution in [0.1, 0.15) is 29.9 Å². The second-order valence-corrected chi connectivity index (χ2v) is 6.29. The van der Waals surface area contributed by atoms with Gasteiger partial charge in [-0.25, -0.2) is 22.4 Å². The Kier molecular flexibility index (Phi) is 5.34. The van der Waals surface area contributed by atoms with Gasteiger partial charge in [-0.3, -0.25) is 4.79 Å². The Labute approximate surface area is 152 Å². The van der Waals surface area contributed by atoms with E-state index in [-0.39, 0.29) is 40.2 Å². The predicted molar refractivity (Wildman–Crippen MR) is 88.3 cm³/mol. The van der Waals surface area contributed by atoms with Gasteiger partial charge in [0.05, 0.1) is 18.4 Å². The number of hydrogen-bond donors (Lipinski definition) is 1. The lowest BCUT2D eigenvalue weighted by molar-refractivity contribution is -0.136. The number of ketones is 1. The fourth-order valence-corrected chi connectivity index (χ4v) is 3.69. The lowest BCUT2D eigenvalue weighted by atomic mass is 9.78. The summed E-state index contributed by atoms with van der Waals surface area (Å²) in [6.07, 6.45) is -3.27. The Morgan fingerprint density at radius 2 is 2.07 bits per heavy atom. The smallest absolute Gasteiger partial charge is 0.336 e. The summed E-state index contributed by atoms with van der Waals surface area (Å²) in [6.45, 7) is -1.05. The van der Waals surface area contributed by atoms with Crippen molar-refractivity contribution < 1.29 is 31.9 Å². The number of nitrogens with one attached hydrogen (secondary N) is 1. The summed E-state index contributed by atoms with van der Waals surface area (Å²) in [5, 5.41) is 2.76. The molecule has 0 unspecified atom stereocenters. The normalized spacial score (nSPS) is 19.5. The van der Waals surface area contributed by atoms with E-state index in [9.17, 15) is 27.2 Å². The molecule has 0 aromatic heterocycles. The molecule has 144 valence electrons. The fourth-order valence-electron chi connectivity index (χ4n) is 3.69. The van der Waals surface area contributed by atoms with Gasteiger partial charge < -0.3 is 10.1 Å². The molecule has 1 aromatic carbocycles. The van der Waals surface area contributed by atoms with E-state index in [1.807, 2.05) is 0 Å². The van der Waals surface area contributed by atoms with E-state index in [4.69, 9.17) is 4.74 Å². The first-order chi connectivity index (χ1) is 12.9. The predicted octanol–water partition coefficient (Wildman–Crippen LogP) is 3.33. The second kappa shape index (κ2) is 7.54. The van der Waals surface area contributed by atoms with Gasteiger partial charge in [0.2, 0.25) is 6.43 Å². The molecule has 3 rings (SSSR count). The Hall–Kier alpha value is -2.64. The van der Waals surface area contributed by atoms with E-state index in [2.05, 4.69) is 5.32 Å². The number of carbonyl (C=O) groups excluding carboxylic acids is 2. The summed E-state index contributed by atoms with van der Waals surface area (Å²) in [4.78, 5) is 24.8. The average Bonchev–Trinajstić information content (AvgIpc) is 3.01. The molecule has 8 heteroatoms. The van der Waals surface area contributed by atoms with Crippen molar-refractivity contribution in [1.29, 1.82) is 0 Å². The van der Waals surface area contributed by atoms with Gasteiger partial charge in [-0.1, -0.05) is 12.1 Å². The van der Waals surface area contributed by atoms with Crippen LogP contribution < -0.4 is 5.32 Å². The summed E-state index contributed by atoms with van der Waals surface area (Å²) in [7, 11) is 1.09. The molecule has 0 saturated carbocycles. The maximum atomic E-state index is 14.3. The van der Waals surface area contributed by atoms with Crippen LogP contribution in [0.5, 0.6) is 0 Å². The molecular weight excluding hydrogens is 366 g/mol. The molecule has 1 N–H and O–H groups in total. The van der Waals surface area contributed by atoms with Gasteiger partial charge in [-0.2, -0.15) is 0 Å². The highest BCUT2D eigenvalue weighted by atomic mass is 19.3. The van der Waals surface area contributed by atoms with Gasteiger partial charge in [0.1, 0.15) is 12.5 Å². The van der Waals surface area contributed by atoms with Gasteiger partial charge >= 0.3 is 5.97 Å². The maximum Gasteiger partial charge on any atom is 0.336 e. The number of alkyl halides is 3. The lowest BCUT2D eigenvalue weighted by Crippen LogP contribution is -2.32. The summed E-state index contributed by atoms with van der Waals surface area (Å²) in [5.41, 5.74) is 0.0467. The molecular formula is C19H17F4NO3. The summed E-state index contributed by atoms with van der Waals surface area (Å²) in [5.74, 6) is -3.23. The van der Waals surface area contributed by atoms with Crippen LogP contribution in [0.4, 0.5) is 17.6 Å². The Morgan fingerprint density at radius 1 is 1.33 bits per heavy atom. The van der Waals surface area contributed by atoms with Crippen molar-refractivity contribution in [2.45, 2.75) is 31.6 Å². The number of dihydropyridines is 1. The highest BCUT2D eigenvalue weighted by Crippen LogP contribution is 2.45. The highest BCUT2D eigenvalue weighted by Gasteiger charge is 2.42. The largest absolute Gasteiger partial charge is 0.466 e. The van der Waals surface area contributed by atoms with Gasteiger partial charge in [0.25, 0.3) is 0 Å². The highest BCUT2D eigenvalue weighted by molar-refractivity contribution is 6.05. The van der Waals surface area contributed by atoms with Gasteiger partial charge in [-0.05, 0) is 23.6 Å². The number of benzene rings is 1. The van der Waals surface area contributed by atoms with Crippen molar-refractivity contribution in [2.75, 3.05) is 13.8 Å². The van der Waals surface area contributed by atoms with Crippen molar-refractivity contribution in [3.63, 3.8) is 0 Å². The topological polar surface area (TPSA) is 55.4 Å². The average molecular weight is 383 g/mol. The molecule has 1 aliphatic carbocycles. The minimum atomic E-state index is -2.83. The zero-order valence-electron chi connectivity index (χ0n) is 14.5. The zero-order valence-corrected chi connectivity index (χ0v) is 14.5. The van der Waals surface area contributed by atoms with E-state index in [1.54, 1.807) is 0 Å². The number of esters is 1. The number of methoxy groups -OCH3 is 1. The second-order valence-electron chi connectivity index (χ2n) is 6.29. The molecule has 0 amide bonds. The Morgan fingerprint density at radius 3 is 2.70 bits per heavy atom. The van der Waals surface area contributed by atoms with Crippen LogP contribution in [0.25, 0.3) is 0 Å².